The van der Waals surface area contributed by atoms with Crippen molar-refractivity contribution >= 4 is 28.4 Å². The third-order valence-electron chi connectivity index (χ3n) is 5.61. The van der Waals surface area contributed by atoms with Gasteiger partial charge in [0.05, 0.1) is 22.3 Å². The van der Waals surface area contributed by atoms with Crippen LogP contribution >= 0.6 is 0 Å². The number of carbonyl (C=O) groups is 2. The molecule has 0 aliphatic rings. The van der Waals surface area contributed by atoms with Crippen LogP contribution in [-0.4, -0.2) is 33.1 Å². The van der Waals surface area contributed by atoms with Gasteiger partial charge in [-0.15, -0.1) is 0 Å². The van der Waals surface area contributed by atoms with Gasteiger partial charge in [0.1, 0.15) is 0 Å². The second-order valence-corrected chi connectivity index (χ2v) is 8.19. The van der Waals surface area contributed by atoms with E-state index in [-0.39, 0.29) is 28.4 Å². The Bertz CT molecular complexity index is 1430. The van der Waals surface area contributed by atoms with E-state index in [1.807, 2.05) is 19.1 Å². The fraction of sp³-hybridized carbons (Fsp3) is 0.231. The fourth-order valence-corrected chi connectivity index (χ4v) is 3.74. The van der Waals surface area contributed by atoms with E-state index in [1.54, 1.807) is 36.4 Å². The molecule has 7 nitrogen and oxygen atoms in total. The van der Waals surface area contributed by atoms with Crippen LogP contribution in [0.25, 0.3) is 16.7 Å². The lowest BCUT2D eigenvalue weighted by Gasteiger charge is -2.12. The van der Waals surface area contributed by atoms with Gasteiger partial charge in [0.15, 0.2) is 18.0 Å². The van der Waals surface area contributed by atoms with E-state index in [4.69, 9.17) is 4.74 Å². The molecular weight excluding hydrogens is 473 g/mol. The monoisotopic (exact) mass is 496 g/mol. The van der Waals surface area contributed by atoms with Gasteiger partial charge < -0.3 is 10.1 Å². The van der Waals surface area contributed by atoms with Crippen molar-refractivity contribution in [1.29, 1.82) is 0 Å². The highest BCUT2D eigenvalue weighted by Crippen LogP contribution is 2.38. The number of anilines is 1. The predicted octanol–water partition coefficient (Wildman–Crippen LogP) is 5.53. The van der Waals surface area contributed by atoms with Gasteiger partial charge in [-0.2, -0.15) is 23.3 Å². The summed E-state index contributed by atoms with van der Waals surface area (Å²) in [5, 5.41) is 6.73. The van der Waals surface area contributed by atoms with Gasteiger partial charge in [-0.3, -0.25) is 9.59 Å². The van der Waals surface area contributed by atoms with Gasteiger partial charge in [0.25, 0.3) is 5.91 Å². The number of hydrogen-bond donors (Lipinski definition) is 1. The number of amides is 1. The first-order valence-corrected chi connectivity index (χ1v) is 11.2. The third-order valence-corrected chi connectivity index (χ3v) is 5.61. The summed E-state index contributed by atoms with van der Waals surface area (Å²) >= 11 is 0. The number of Topliss-reactive ketones (excluding diaryl/α,β-unsaturated/α-hetero) is 1. The summed E-state index contributed by atoms with van der Waals surface area (Å²) in [6.07, 6.45) is -3.87. The molecule has 0 aliphatic heterocycles. The van der Waals surface area contributed by atoms with Gasteiger partial charge in [-0.1, -0.05) is 19.1 Å². The van der Waals surface area contributed by atoms with Crippen LogP contribution in [0.1, 0.15) is 41.0 Å². The van der Waals surface area contributed by atoms with E-state index in [1.165, 1.54) is 18.5 Å². The lowest BCUT2D eigenvalue weighted by atomic mass is 10.1. The highest BCUT2D eigenvalue weighted by Gasteiger charge is 2.36. The van der Waals surface area contributed by atoms with Crippen LogP contribution in [0.15, 0.2) is 54.6 Å². The molecule has 36 heavy (non-hydrogen) atoms. The van der Waals surface area contributed by atoms with Crippen LogP contribution < -0.4 is 10.1 Å². The Kier molecular flexibility index (Phi) is 6.78. The molecule has 4 aromatic rings. The van der Waals surface area contributed by atoms with Gasteiger partial charge in [-0.25, -0.2) is 4.68 Å². The number of carbonyl (C=O) groups excluding carboxylic acids is 2. The first-order chi connectivity index (χ1) is 17.1. The molecule has 1 amide bonds. The van der Waals surface area contributed by atoms with Crippen LogP contribution in [0.4, 0.5) is 18.9 Å². The summed E-state index contributed by atoms with van der Waals surface area (Å²) in [7, 11) is 0. The second kappa shape index (κ2) is 9.80. The molecule has 186 valence electrons. The minimum Gasteiger partial charge on any atom is -0.467 e. The number of alkyl halides is 3. The highest BCUT2D eigenvalue weighted by molar-refractivity contribution is 5.96. The Balaban J connectivity index is 1.63. The molecule has 2 heterocycles. The number of nitrogens with one attached hydrogen (secondary N) is 1. The van der Waals surface area contributed by atoms with E-state index in [9.17, 15) is 22.8 Å². The Morgan fingerprint density at radius 1 is 1.06 bits per heavy atom. The summed E-state index contributed by atoms with van der Waals surface area (Å²) in [6.45, 7) is 4.35. The number of halogens is 3. The minimum absolute atomic E-state index is 0.0261. The molecule has 0 atom stereocenters. The number of ether oxygens (including phenoxy) is 1. The molecule has 0 bridgehead atoms. The van der Waals surface area contributed by atoms with E-state index in [0.717, 1.165) is 18.1 Å². The highest BCUT2D eigenvalue weighted by atomic mass is 19.4. The van der Waals surface area contributed by atoms with Crippen molar-refractivity contribution in [3.05, 3.63) is 77.0 Å². The molecule has 0 aliphatic carbocycles. The van der Waals surface area contributed by atoms with E-state index in [0.29, 0.717) is 16.9 Å². The molecule has 2 aromatic carbocycles. The van der Waals surface area contributed by atoms with Crippen molar-refractivity contribution in [3.8, 4) is 11.6 Å². The molecule has 0 saturated carbocycles. The second-order valence-electron chi connectivity index (χ2n) is 8.19. The lowest BCUT2D eigenvalue weighted by molar-refractivity contribution is -0.136. The number of nitrogens with zero attached hydrogens (tertiary/aromatic N) is 3. The lowest BCUT2D eigenvalue weighted by Crippen LogP contribution is -2.21. The van der Waals surface area contributed by atoms with Crippen molar-refractivity contribution in [2.75, 3.05) is 11.9 Å². The number of benzene rings is 2. The van der Waals surface area contributed by atoms with Crippen LogP contribution in [0.5, 0.6) is 5.88 Å². The molecule has 0 saturated heterocycles. The number of hydrogen-bond acceptors (Lipinski definition) is 5. The number of ketones is 1. The Labute approximate surface area is 204 Å². The summed E-state index contributed by atoms with van der Waals surface area (Å²) in [6, 6.07) is 14.2. The molecule has 0 spiro atoms. The average molecular weight is 496 g/mol. The van der Waals surface area contributed by atoms with Crippen LogP contribution in [-0.2, 0) is 17.4 Å². The maximum Gasteiger partial charge on any atom is 0.417 e. The number of rotatable bonds is 7. The van der Waals surface area contributed by atoms with Crippen molar-refractivity contribution in [3.63, 3.8) is 0 Å². The molecule has 10 heteroatoms. The van der Waals surface area contributed by atoms with E-state index < -0.39 is 24.3 Å². The standard InChI is InChI=1S/C26H23F3N4O3/c1-4-17-5-11-20(12-6-17)33-25-24(15(2)32-33)21(26(27,28)29)13-23(31-25)36-14-22(35)30-19-9-7-18(8-10-19)16(3)34/h5-13H,4,14H2,1-3H3,(H,30,35). The maximum absolute atomic E-state index is 13.9. The maximum atomic E-state index is 13.9. The fourth-order valence-electron chi connectivity index (χ4n) is 3.74. The zero-order valence-corrected chi connectivity index (χ0v) is 19.8. The Morgan fingerprint density at radius 3 is 2.31 bits per heavy atom. The topological polar surface area (TPSA) is 86.1 Å². The molecule has 2 aromatic heterocycles. The third kappa shape index (κ3) is 5.22. The number of aryl methyl sites for hydroxylation is 2. The smallest absolute Gasteiger partial charge is 0.417 e. The normalized spacial score (nSPS) is 11.5. The van der Waals surface area contributed by atoms with Crippen molar-refractivity contribution in [1.82, 2.24) is 14.8 Å². The van der Waals surface area contributed by atoms with Gasteiger partial charge in [0.2, 0.25) is 5.88 Å². The van der Waals surface area contributed by atoms with Gasteiger partial charge in [-0.05, 0) is 62.2 Å². The SMILES string of the molecule is CCc1ccc(-n2nc(C)c3c(C(F)(F)F)cc(OCC(=O)Nc4ccc(C(C)=O)cc4)nc32)cc1. The van der Waals surface area contributed by atoms with Crippen LogP contribution in [0, 0.1) is 6.92 Å². The predicted molar refractivity (Wildman–Crippen MR) is 129 cm³/mol. The average Bonchev–Trinajstić information content (AvgIpc) is 3.18. The largest absolute Gasteiger partial charge is 0.467 e. The molecule has 4 rings (SSSR count). The zero-order chi connectivity index (χ0) is 26.0. The Morgan fingerprint density at radius 2 is 1.72 bits per heavy atom. The number of fused-ring (bicyclic) bond motifs is 1. The van der Waals surface area contributed by atoms with Crippen molar-refractivity contribution in [2.45, 2.75) is 33.4 Å². The first kappa shape index (κ1) is 24.9. The summed E-state index contributed by atoms with van der Waals surface area (Å²) < 4.78 is 48.5. The van der Waals surface area contributed by atoms with Gasteiger partial charge in [0, 0.05) is 17.3 Å². The number of aromatic nitrogens is 3. The summed E-state index contributed by atoms with van der Waals surface area (Å²) in [5.41, 5.74) is 1.72. The van der Waals surface area contributed by atoms with E-state index in [2.05, 4.69) is 15.4 Å². The summed E-state index contributed by atoms with van der Waals surface area (Å²) in [4.78, 5) is 28.0. The van der Waals surface area contributed by atoms with Crippen LogP contribution in [0.3, 0.4) is 0 Å². The van der Waals surface area contributed by atoms with E-state index >= 15 is 0 Å². The van der Waals surface area contributed by atoms with Crippen molar-refractivity contribution < 1.29 is 27.5 Å². The molecule has 0 unspecified atom stereocenters. The van der Waals surface area contributed by atoms with Crippen LogP contribution in [0.2, 0.25) is 0 Å². The minimum atomic E-state index is -4.69. The van der Waals surface area contributed by atoms with Crippen molar-refractivity contribution in [2.24, 2.45) is 0 Å². The number of pyridine rings is 1. The molecular formula is C26H23F3N4O3. The molecule has 0 fully saturated rings. The molecule has 1 N–H and O–H groups in total. The quantitative estimate of drug-likeness (QED) is 0.340. The Hall–Kier alpha value is -4.21. The zero-order valence-electron chi connectivity index (χ0n) is 19.8. The van der Waals surface area contributed by atoms with Gasteiger partial charge >= 0.3 is 6.18 Å². The first-order valence-electron chi connectivity index (χ1n) is 11.2. The summed E-state index contributed by atoms with van der Waals surface area (Å²) in [5.74, 6) is -1.07. The molecule has 0 radical (unpaired) electrons.